The van der Waals surface area contributed by atoms with Gasteiger partial charge in [0.2, 0.25) is 0 Å². The van der Waals surface area contributed by atoms with Crippen molar-refractivity contribution >= 4 is 5.97 Å². The van der Waals surface area contributed by atoms with Crippen molar-refractivity contribution in [3.05, 3.63) is 11.7 Å². The molecular weight excluding hydrogens is 200 g/mol. The van der Waals surface area contributed by atoms with Crippen LogP contribution in [0.15, 0.2) is 4.52 Å². The first kappa shape index (κ1) is 11.6. The average Bonchev–Trinajstić information content (AvgIpc) is 2.62. The molecule has 0 aliphatic carbocycles. The van der Waals surface area contributed by atoms with Crippen molar-refractivity contribution in [1.29, 1.82) is 0 Å². The monoisotopic (exact) mass is 214 g/mol. The van der Waals surface area contributed by atoms with Gasteiger partial charge in [0, 0.05) is 6.42 Å². The Bertz CT molecular complexity index is 324. The zero-order valence-corrected chi connectivity index (χ0v) is 8.77. The number of rotatable bonds is 6. The molecule has 84 valence electrons. The number of carbonyl (C=O) groups is 1. The Balaban J connectivity index is 2.40. The minimum atomic E-state index is -1.01. The Labute approximate surface area is 87.2 Å². The smallest absolute Gasteiger partial charge is 0.332 e. The highest BCUT2D eigenvalue weighted by Gasteiger charge is 2.13. The number of aryl methyl sites for hydroxylation is 1. The fraction of sp³-hybridized carbons (Fsp3) is 0.667. The summed E-state index contributed by atoms with van der Waals surface area (Å²) in [6.07, 6.45) is 0.815. The van der Waals surface area contributed by atoms with Crippen molar-refractivity contribution in [1.82, 2.24) is 10.1 Å². The van der Waals surface area contributed by atoms with Crippen molar-refractivity contribution < 1.29 is 19.2 Å². The summed E-state index contributed by atoms with van der Waals surface area (Å²) < 4.78 is 9.85. The highest BCUT2D eigenvalue weighted by atomic mass is 16.5. The van der Waals surface area contributed by atoms with Gasteiger partial charge < -0.3 is 14.4 Å². The summed E-state index contributed by atoms with van der Waals surface area (Å²) in [5, 5.41) is 12.3. The highest BCUT2D eigenvalue weighted by Crippen LogP contribution is 2.03. The Kier molecular flexibility index (Phi) is 4.23. The van der Waals surface area contributed by atoms with Crippen molar-refractivity contribution in [2.75, 3.05) is 0 Å². The molecule has 1 aromatic rings. The van der Waals surface area contributed by atoms with Gasteiger partial charge in [-0.05, 0) is 13.3 Å². The summed E-state index contributed by atoms with van der Waals surface area (Å²) in [7, 11) is 0. The molecule has 1 rings (SSSR count). The molecule has 0 fully saturated rings. The van der Waals surface area contributed by atoms with Crippen LogP contribution in [0.1, 0.15) is 32.0 Å². The molecule has 0 bridgehead atoms. The van der Waals surface area contributed by atoms with Gasteiger partial charge in [-0.3, -0.25) is 0 Å². The summed E-state index contributed by atoms with van der Waals surface area (Å²) in [5.41, 5.74) is 0. The number of hydrogen-bond acceptors (Lipinski definition) is 5. The van der Waals surface area contributed by atoms with Crippen LogP contribution in [-0.4, -0.2) is 27.3 Å². The molecule has 1 aromatic heterocycles. The summed E-state index contributed by atoms with van der Waals surface area (Å²) in [6.45, 7) is 3.49. The fourth-order valence-electron chi connectivity index (χ4n) is 0.941. The van der Waals surface area contributed by atoms with E-state index in [-0.39, 0.29) is 6.61 Å². The summed E-state index contributed by atoms with van der Waals surface area (Å²) in [5.74, 6) is -0.0751. The molecule has 1 heterocycles. The maximum atomic E-state index is 10.4. The second kappa shape index (κ2) is 5.45. The van der Waals surface area contributed by atoms with Crippen molar-refractivity contribution in [2.24, 2.45) is 0 Å². The Morgan fingerprint density at radius 1 is 1.67 bits per heavy atom. The molecule has 0 saturated heterocycles. The highest BCUT2D eigenvalue weighted by molar-refractivity contribution is 5.71. The zero-order chi connectivity index (χ0) is 11.3. The molecule has 6 nitrogen and oxygen atoms in total. The third kappa shape index (κ3) is 3.67. The average molecular weight is 214 g/mol. The molecule has 0 aliphatic rings. The predicted molar refractivity (Wildman–Crippen MR) is 50.2 cm³/mol. The van der Waals surface area contributed by atoms with Gasteiger partial charge in [-0.25, -0.2) is 4.79 Å². The van der Waals surface area contributed by atoms with E-state index in [4.69, 9.17) is 14.4 Å². The predicted octanol–water partition coefficient (Wildman–Crippen LogP) is 1.01. The van der Waals surface area contributed by atoms with Crippen molar-refractivity contribution in [2.45, 2.75) is 39.4 Å². The van der Waals surface area contributed by atoms with Crippen LogP contribution in [0.4, 0.5) is 0 Å². The fourth-order valence-corrected chi connectivity index (χ4v) is 0.941. The van der Waals surface area contributed by atoms with Crippen LogP contribution in [0.5, 0.6) is 0 Å². The summed E-state index contributed by atoms with van der Waals surface area (Å²) in [4.78, 5) is 14.5. The van der Waals surface area contributed by atoms with Gasteiger partial charge in [-0.15, -0.1) is 0 Å². The van der Waals surface area contributed by atoms with Crippen LogP contribution < -0.4 is 0 Å². The molecule has 0 unspecified atom stereocenters. The molecule has 1 atom stereocenters. The lowest BCUT2D eigenvalue weighted by molar-refractivity contribution is -0.150. The van der Waals surface area contributed by atoms with E-state index in [1.54, 1.807) is 0 Å². The van der Waals surface area contributed by atoms with E-state index in [1.807, 2.05) is 6.92 Å². The third-order valence-electron chi connectivity index (χ3n) is 1.79. The second-order valence-electron chi connectivity index (χ2n) is 3.15. The zero-order valence-electron chi connectivity index (χ0n) is 8.77. The number of carboxylic acids is 1. The number of carboxylic acid groups (broad SMARTS) is 1. The molecule has 0 aromatic carbocycles. The van der Waals surface area contributed by atoms with Crippen LogP contribution >= 0.6 is 0 Å². The maximum Gasteiger partial charge on any atom is 0.332 e. The van der Waals surface area contributed by atoms with Gasteiger partial charge in [0.15, 0.2) is 11.9 Å². The van der Waals surface area contributed by atoms with Gasteiger partial charge in [-0.2, -0.15) is 4.98 Å². The van der Waals surface area contributed by atoms with E-state index >= 15 is 0 Å². The van der Waals surface area contributed by atoms with Crippen LogP contribution in [0.3, 0.4) is 0 Å². The molecular formula is C9H14N2O4. The van der Waals surface area contributed by atoms with Crippen LogP contribution in [-0.2, 0) is 22.6 Å². The lowest BCUT2D eigenvalue weighted by Crippen LogP contribution is -2.19. The van der Waals surface area contributed by atoms with Crippen molar-refractivity contribution in [3.8, 4) is 0 Å². The van der Waals surface area contributed by atoms with Crippen molar-refractivity contribution in [3.63, 3.8) is 0 Å². The van der Waals surface area contributed by atoms with E-state index in [9.17, 15) is 4.79 Å². The van der Waals surface area contributed by atoms with E-state index in [0.29, 0.717) is 11.7 Å². The van der Waals surface area contributed by atoms with Crippen LogP contribution in [0.2, 0.25) is 0 Å². The van der Waals surface area contributed by atoms with Gasteiger partial charge >= 0.3 is 5.97 Å². The lowest BCUT2D eigenvalue weighted by atomic mass is 10.3. The minimum Gasteiger partial charge on any atom is -0.479 e. The van der Waals surface area contributed by atoms with E-state index in [0.717, 1.165) is 12.8 Å². The molecule has 1 N–H and O–H groups in total. The standard InChI is InChI=1S/C9H14N2O4/c1-3-4-7-10-8(15-11-7)5-14-6(2)9(12)13/h6H,3-5H2,1-2H3,(H,12,13)/t6-/m1/s1. The Morgan fingerprint density at radius 3 is 3.00 bits per heavy atom. The first-order chi connectivity index (χ1) is 7.13. The molecule has 0 saturated carbocycles. The topological polar surface area (TPSA) is 85.5 Å². The largest absolute Gasteiger partial charge is 0.479 e. The first-order valence-corrected chi connectivity index (χ1v) is 4.79. The SMILES string of the molecule is CCCc1noc(CO[C@H](C)C(=O)O)n1. The second-order valence-corrected chi connectivity index (χ2v) is 3.15. The van der Waals surface area contributed by atoms with Gasteiger partial charge in [-0.1, -0.05) is 12.1 Å². The molecule has 0 spiro atoms. The number of nitrogens with zero attached hydrogens (tertiary/aromatic N) is 2. The third-order valence-corrected chi connectivity index (χ3v) is 1.79. The molecule has 6 heteroatoms. The molecule has 0 amide bonds. The number of aliphatic carboxylic acids is 1. The van der Waals surface area contributed by atoms with Gasteiger partial charge in [0.25, 0.3) is 5.89 Å². The maximum absolute atomic E-state index is 10.4. The van der Waals surface area contributed by atoms with Gasteiger partial charge in [0.05, 0.1) is 0 Å². The lowest BCUT2D eigenvalue weighted by Gasteiger charge is -2.04. The quantitative estimate of drug-likeness (QED) is 0.760. The Morgan fingerprint density at radius 2 is 2.40 bits per heavy atom. The number of ether oxygens (including phenoxy) is 1. The molecule has 0 aliphatic heterocycles. The normalized spacial score (nSPS) is 12.7. The summed E-state index contributed by atoms with van der Waals surface area (Å²) in [6, 6.07) is 0. The minimum absolute atomic E-state index is 0.0319. The van der Waals surface area contributed by atoms with Crippen LogP contribution in [0, 0.1) is 0 Å². The van der Waals surface area contributed by atoms with E-state index in [1.165, 1.54) is 6.92 Å². The number of hydrogen-bond donors (Lipinski definition) is 1. The van der Waals surface area contributed by atoms with Crippen LogP contribution in [0.25, 0.3) is 0 Å². The first-order valence-electron chi connectivity index (χ1n) is 4.79. The Hall–Kier alpha value is -1.43. The van der Waals surface area contributed by atoms with E-state index < -0.39 is 12.1 Å². The number of aromatic nitrogens is 2. The molecule has 15 heavy (non-hydrogen) atoms. The summed E-state index contributed by atoms with van der Waals surface area (Å²) >= 11 is 0. The van der Waals surface area contributed by atoms with Gasteiger partial charge in [0.1, 0.15) is 6.61 Å². The van der Waals surface area contributed by atoms with E-state index in [2.05, 4.69) is 10.1 Å². The molecule has 0 radical (unpaired) electrons.